The monoisotopic (exact) mass is 927 g/mol. The van der Waals surface area contributed by atoms with Crippen LogP contribution in [0.1, 0.15) is 149 Å². The molecule has 0 N–H and O–H groups in total. The van der Waals surface area contributed by atoms with Crippen LogP contribution in [-0.2, 0) is 16.2 Å². The molecule has 0 bridgehead atoms. The maximum Gasteiger partial charge on any atom is 0.137 e. The molecule has 360 valence electrons. The minimum Gasteiger partial charge on any atom is -0.457 e. The van der Waals surface area contributed by atoms with Crippen LogP contribution in [0.3, 0.4) is 0 Å². The van der Waals surface area contributed by atoms with Crippen molar-refractivity contribution >= 4 is 33.2 Å². The molecule has 9 rings (SSSR count). The molecule has 1 aliphatic heterocycles. The highest BCUT2D eigenvalue weighted by atomic mass is 16.5. The van der Waals surface area contributed by atoms with E-state index in [2.05, 4.69) is 264 Å². The highest BCUT2D eigenvalue weighted by Crippen LogP contribution is 2.48. The lowest BCUT2D eigenvalue weighted by Crippen LogP contribution is -2.30. The van der Waals surface area contributed by atoms with Crippen LogP contribution in [0.5, 0.6) is 11.5 Å². The number of ether oxygens (including phenoxy) is 1. The number of rotatable bonds is 10. The summed E-state index contributed by atoms with van der Waals surface area (Å²) in [5.41, 5.74) is 15.3. The number of benzene rings is 6. The van der Waals surface area contributed by atoms with Gasteiger partial charge in [-0.1, -0.05) is 183 Å². The van der Waals surface area contributed by atoms with Crippen LogP contribution in [-0.4, -0.2) is 16.2 Å². The van der Waals surface area contributed by atoms with E-state index in [-0.39, 0.29) is 21.7 Å². The number of anilines is 2. The van der Waals surface area contributed by atoms with E-state index < -0.39 is 0 Å². The fourth-order valence-electron chi connectivity index (χ4n) is 10.5. The van der Waals surface area contributed by atoms with Gasteiger partial charge < -0.3 is 14.5 Å². The van der Waals surface area contributed by atoms with Gasteiger partial charge in [0.15, 0.2) is 0 Å². The van der Waals surface area contributed by atoms with E-state index in [1.165, 1.54) is 61.1 Å². The fourth-order valence-corrected chi connectivity index (χ4v) is 10.5. The van der Waals surface area contributed by atoms with E-state index in [1.54, 1.807) is 0 Å². The van der Waals surface area contributed by atoms with Crippen LogP contribution in [0.2, 0.25) is 0 Å². The number of pyridine rings is 1. The third-order valence-corrected chi connectivity index (χ3v) is 14.5. The Kier molecular flexibility index (Phi) is 12.4. The summed E-state index contributed by atoms with van der Waals surface area (Å²) < 4.78 is 9.83. The molecule has 0 saturated heterocycles. The van der Waals surface area contributed by atoms with Crippen molar-refractivity contribution < 1.29 is 4.74 Å². The van der Waals surface area contributed by atoms with Gasteiger partial charge >= 0.3 is 0 Å². The molecule has 70 heavy (non-hydrogen) atoms. The summed E-state index contributed by atoms with van der Waals surface area (Å²) in [6, 6.07) is 51.5. The van der Waals surface area contributed by atoms with Gasteiger partial charge in [0, 0.05) is 63.2 Å². The summed E-state index contributed by atoms with van der Waals surface area (Å²) >= 11 is 0. The van der Waals surface area contributed by atoms with Gasteiger partial charge in [0.25, 0.3) is 0 Å². The van der Waals surface area contributed by atoms with Crippen molar-refractivity contribution in [3.63, 3.8) is 0 Å². The lowest BCUT2D eigenvalue weighted by molar-refractivity contribution is 0.479. The first-order valence-electron chi connectivity index (χ1n) is 25.4. The van der Waals surface area contributed by atoms with Crippen molar-refractivity contribution in [3.05, 3.63) is 191 Å². The minimum absolute atomic E-state index is 0.0328. The molecule has 0 spiro atoms. The van der Waals surface area contributed by atoms with Crippen molar-refractivity contribution in [2.75, 3.05) is 16.5 Å². The van der Waals surface area contributed by atoms with Gasteiger partial charge in [0.1, 0.15) is 17.3 Å². The molecule has 0 atom stereocenters. The van der Waals surface area contributed by atoms with E-state index in [9.17, 15) is 0 Å². The molecule has 0 radical (unpaired) electrons. The fraction of sp³-hybridized carbons (Fsp3) is 0.338. The van der Waals surface area contributed by atoms with Crippen LogP contribution in [0.15, 0.2) is 158 Å². The molecule has 0 fully saturated rings. The van der Waals surface area contributed by atoms with Crippen molar-refractivity contribution in [2.24, 2.45) is 5.41 Å². The van der Waals surface area contributed by atoms with Crippen LogP contribution < -0.4 is 14.5 Å². The maximum atomic E-state index is 7.48. The first kappa shape index (κ1) is 48.4. The maximum absolute atomic E-state index is 7.48. The molecule has 1 aliphatic rings. The topological polar surface area (TPSA) is 33.5 Å². The molecule has 0 amide bonds. The highest BCUT2D eigenvalue weighted by Gasteiger charge is 2.34. The summed E-state index contributed by atoms with van der Waals surface area (Å²) in [7, 11) is 0. The number of nitrogens with zero attached hydrogens (tertiary/aromatic N) is 4. The van der Waals surface area contributed by atoms with Gasteiger partial charge in [-0.2, -0.15) is 0 Å². The number of hydrogen-bond acceptors (Lipinski definition) is 4. The number of hydrogen-bond donors (Lipinski definition) is 0. The zero-order chi connectivity index (χ0) is 50.1. The molecule has 0 unspecified atom stereocenters. The van der Waals surface area contributed by atoms with Crippen molar-refractivity contribution in [3.8, 4) is 28.4 Å². The summed E-state index contributed by atoms with van der Waals surface area (Å²) in [6.07, 6.45) is 4.32. The first-order chi connectivity index (χ1) is 33.0. The number of allylic oxidation sites excluding steroid dienone is 1. The second-order valence-corrected chi connectivity index (χ2v) is 23.9. The Morgan fingerprint density at radius 2 is 1.14 bits per heavy atom. The molecule has 2 aromatic heterocycles. The summed E-state index contributed by atoms with van der Waals surface area (Å²) in [4.78, 5) is 10.0. The van der Waals surface area contributed by atoms with Gasteiger partial charge in [-0.05, 0) is 116 Å². The van der Waals surface area contributed by atoms with E-state index in [0.29, 0.717) is 18.5 Å². The zero-order valence-corrected chi connectivity index (χ0v) is 44.5. The predicted octanol–water partition coefficient (Wildman–Crippen LogP) is 18.0. The number of aromatic nitrogens is 2. The van der Waals surface area contributed by atoms with Gasteiger partial charge in [0.2, 0.25) is 0 Å². The Hall–Kier alpha value is -6.59. The molecule has 0 aliphatic carbocycles. The van der Waals surface area contributed by atoms with Crippen LogP contribution in [0.25, 0.3) is 38.8 Å². The third-order valence-electron chi connectivity index (χ3n) is 14.5. The van der Waals surface area contributed by atoms with Crippen molar-refractivity contribution in [1.29, 1.82) is 0 Å². The molecule has 3 heterocycles. The Morgan fingerprint density at radius 3 is 1.80 bits per heavy atom. The quantitative estimate of drug-likeness (QED) is 0.137. The van der Waals surface area contributed by atoms with Crippen molar-refractivity contribution in [2.45, 2.75) is 132 Å². The second-order valence-electron chi connectivity index (χ2n) is 23.9. The smallest absolute Gasteiger partial charge is 0.137 e. The number of fused-ring (bicyclic) bond motifs is 3. The Morgan fingerprint density at radius 1 is 0.529 bits per heavy atom. The van der Waals surface area contributed by atoms with Crippen LogP contribution >= 0.6 is 0 Å². The van der Waals surface area contributed by atoms with E-state index in [1.807, 2.05) is 6.20 Å². The Labute approximate surface area is 418 Å². The lowest BCUT2D eigenvalue weighted by atomic mass is 9.76. The molecule has 8 aromatic rings. The van der Waals surface area contributed by atoms with Crippen LogP contribution in [0, 0.1) is 5.41 Å². The first-order valence-corrected chi connectivity index (χ1v) is 25.4. The van der Waals surface area contributed by atoms with E-state index in [4.69, 9.17) is 9.72 Å². The molecular weight excluding hydrogens is 853 g/mol. The average molecular weight is 927 g/mol. The number of para-hydroxylation sites is 1. The Balaban J connectivity index is 1.29. The highest BCUT2D eigenvalue weighted by molar-refractivity contribution is 6.12. The minimum atomic E-state index is -0.389. The molecule has 5 nitrogen and oxygen atoms in total. The SMILES string of the molecule is CC(C)c1cccc(C(C)C)c1-c1cc(Oc2cc(C(C)(C)c3ccccc3)c3c4ccccc4n(-c4cc(C(C)(C)C)ccn4)c3c2)cc(N2CN(c3cccc(C(C)(C)C)c3)C=C2C(C)(C)C)c1. The van der Waals surface area contributed by atoms with E-state index >= 15 is 0 Å². The van der Waals surface area contributed by atoms with Gasteiger partial charge in [-0.25, -0.2) is 4.98 Å². The summed E-state index contributed by atoms with van der Waals surface area (Å²) in [5.74, 6) is 3.10. The normalized spacial score (nSPS) is 13.9. The predicted molar refractivity (Wildman–Crippen MR) is 298 cm³/mol. The van der Waals surface area contributed by atoms with Crippen molar-refractivity contribution in [1.82, 2.24) is 9.55 Å². The average Bonchev–Trinajstić information content (AvgIpc) is 3.92. The summed E-state index contributed by atoms with van der Waals surface area (Å²) in [6.45, 7) is 35.2. The molecule has 0 saturated carbocycles. The zero-order valence-electron chi connectivity index (χ0n) is 44.5. The lowest BCUT2D eigenvalue weighted by Gasteiger charge is -2.32. The Bertz CT molecular complexity index is 3230. The van der Waals surface area contributed by atoms with E-state index in [0.717, 1.165) is 39.6 Å². The summed E-state index contributed by atoms with van der Waals surface area (Å²) in [5, 5.41) is 2.39. The van der Waals surface area contributed by atoms with Gasteiger partial charge in [-0.3, -0.25) is 4.57 Å². The molecule has 6 aromatic carbocycles. The third kappa shape index (κ3) is 9.16. The van der Waals surface area contributed by atoms with Crippen LogP contribution in [0.4, 0.5) is 11.4 Å². The molecule has 5 heteroatoms. The largest absolute Gasteiger partial charge is 0.457 e. The van der Waals surface area contributed by atoms with Gasteiger partial charge in [-0.15, -0.1) is 0 Å². The standard InChI is InChI=1S/C65H74N4O/c1-42(2)52-28-22-29-53(43(3)4)60(52)44-33-49(68-41-67(40-58(68)64(11,12)13)48-26-21-25-46(35-48)62(5,6)7)37-50(34-44)70-51-38-55(65(14,15)45-23-17-16-18-24-45)61-54-27-19-20-30-56(54)69(57(61)39-51)59-36-47(31-32-66-59)63(8,9)10/h16-40,42-43H,41H2,1-15H3. The molecular formula is C65H74N4O. The second kappa shape index (κ2) is 18.0. The van der Waals surface area contributed by atoms with Gasteiger partial charge in [0.05, 0.1) is 17.7 Å².